The molecule has 0 bridgehead atoms. The Morgan fingerprint density at radius 3 is 2.43 bits per heavy atom. The van der Waals surface area contributed by atoms with Crippen molar-refractivity contribution >= 4 is 5.91 Å². The summed E-state index contributed by atoms with van der Waals surface area (Å²) in [5, 5.41) is 0. The third kappa shape index (κ3) is 4.77. The number of amides is 1. The van der Waals surface area contributed by atoms with Crippen LogP contribution in [0.1, 0.15) is 11.1 Å². The fourth-order valence-electron chi connectivity index (χ4n) is 3.28. The van der Waals surface area contributed by atoms with Gasteiger partial charge in [0.1, 0.15) is 0 Å². The highest BCUT2D eigenvalue weighted by Gasteiger charge is 2.22. The van der Waals surface area contributed by atoms with E-state index in [4.69, 9.17) is 4.74 Å². The molecule has 0 unspecified atom stereocenters. The lowest BCUT2D eigenvalue weighted by atomic mass is 10.1. The predicted molar refractivity (Wildman–Crippen MR) is 90.3 cm³/mol. The molecule has 23 heavy (non-hydrogen) atoms. The van der Waals surface area contributed by atoms with Gasteiger partial charge in [0.2, 0.25) is 5.91 Å². The van der Waals surface area contributed by atoms with Gasteiger partial charge in [0.15, 0.2) is 0 Å². The lowest BCUT2D eigenvalue weighted by Gasteiger charge is -2.36. The number of carbonyl (C=O) groups is 1. The van der Waals surface area contributed by atoms with Crippen molar-refractivity contribution in [1.29, 1.82) is 0 Å². The average molecular weight is 317 g/mol. The summed E-state index contributed by atoms with van der Waals surface area (Å²) in [6.45, 7) is 10.5. The van der Waals surface area contributed by atoms with Crippen LogP contribution in [0.4, 0.5) is 0 Å². The topological polar surface area (TPSA) is 36.0 Å². The van der Waals surface area contributed by atoms with Gasteiger partial charge >= 0.3 is 0 Å². The van der Waals surface area contributed by atoms with Crippen molar-refractivity contribution in [2.45, 2.75) is 13.5 Å². The van der Waals surface area contributed by atoms with Gasteiger partial charge in [0, 0.05) is 45.8 Å². The van der Waals surface area contributed by atoms with Crippen molar-refractivity contribution in [2.24, 2.45) is 0 Å². The summed E-state index contributed by atoms with van der Waals surface area (Å²) in [6, 6.07) is 8.72. The molecule has 0 radical (unpaired) electrons. The number of morpholine rings is 1. The van der Waals surface area contributed by atoms with Gasteiger partial charge in [-0.1, -0.05) is 29.8 Å². The lowest BCUT2D eigenvalue weighted by molar-refractivity contribution is -0.136. The van der Waals surface area contributed by atoms with Crippen LogP contribution in [0.5, 0.6) is 0 Å². The first-order valence-corrected chi connectivity index (χ1v) is 8.56. The minimum absolute atomic E-state index is 0.250. The van der Waals surface area contributed by atoms with Gasteiger partial charge in [-0.25, -0.2) is 0 Å². The van der Waals surface area contributed by atoms with Gasteiger partial charge < -0.3 is 9.64 Å². The highest BCUT2D eigenvalue weighted by molar-refractivity contribution is 5.78. The summed E-state index contributed by atoms with van der Waals surface area (Å²) < 4.78 is 5.30. The Kier molecular flexibility index (Phi) is 5.65. The molecule has 0 aliphatic carbocycles. The number of hydrogen-bond acceptors (Lipinski definition) is 4. The van der Waals surface area contributed by atoms with Crippen LogP contribution in [0.25, 0.3) is 0 Å². The molecule has 2 saturated heterocycles. The largest absolute Gasteiger partial charge is 0.378 e. The molecule has 1 aromatic carbocycles. The normalized spacial score (nSPS) is 20.7. The Morgan fingerprint density at radius 1 is 1.04 bits per heavy atom. The highest BCUT2D eigenvalue weighted by atomic mass is 16.5. The van der Waals surface area contributed by atoms with E-state index in [0.29, 0.717) is 19.8 Å². The van der Waals surface area contributed by atoms with Crippen LogP contribution in [0.3, 0.4) is 0 Å². The van der Waals surface area contributed by atoms with Gasteiger partial charge in [-0.3, -0.25) is 14.6 Å². The molecule has 0 atom stereocenters. The summed E-state index contributed by atoms with van der Waals surface area (Å²) in [4.78, 5) is 19.0. The molecule has 1 amide bonds. The molecular weight excluding hydrogens is 290 g/mol. The quantitative estimate of drug-likeness (QED) is 0.829. The number of benzene rings is 1. The lowest BCUT2D eigenvalue weighted by Crippen LogP contribution is -2.51. The molecule has 2 aliphatic heterocycles. The van der Waals surface area contributed by atoms with Crippen LogP contribution in [0.15, 0.2) is 24.3 Å². The first kappa shape index (κ1) is 16.4. The maximum atomic E-state index is 12.3. The number of rotatable bonds is 4. The molecule has 0 spiro atoms. The second-order valence-electron chi connectivity index (χ2n) is 6.53. The Morgan fingerprint density at radius 2 is 1.74 bits per heavy atom. The standard InChI is InChI=1S/C18H27N3O2/c1-16-3-2-4-17(13-16)14-19-5-7-20(8-6-19)15-18(22)21-9-11-23-12-10-21/h2-4,13H,5-12,14-15H2,1H3. The molecule has 2 fully saturated rings. The fraction of sp³-hybridized carbons (Fsp3) is 0.611. The van der Waals surface area contributed by atoms with E-state index in [-0.39, 0.29) is 5.91 Å². The second kappa shape index (κ2) is 7.90. The minimum Gasteiger partial charge on any atom is -0.378 e. The van der Waals surface area contributed by atoms with Crippen molar-refractivity contribution in [1.82, 2.24) is 14.7 Å². The molecule has 2 aliphatic rings. The Labute approximate surface area is 138 Å². The number of aryl methyl sites for hydroxylation is 1. The smallest absolute Gasteiger partial charge is 0.236 e. The predicted octanol–water partition coefficient (Wildman–Crippen LogP) is 0.971. The number of carbonyl (C=O) groups excluding carboxylic acids is 1. The minimum atomic E-state index is 0.250. The van der Waals surface area contributed by atoms with Gasteiger partial charge in [-0.2, -0.15) is 0 Å². The average Bonchev–Trinajstić information content (AvgIpc) is 2.57. The van der Waals surface area contributed by atoms with E-state index in [1.54, 1.807) is 0 Å². The fourth-order valence-corrected chi connectivity index (χ4v) is 3.28. The summed E-state index contributed by atoms with van der Waals surface area (Å²) in [6.07, 6.45) is 0. The summed E-state index contributed by atoms with van der Waals surface area (Å²) in [7, 11) is 0. The Balaban J connectivity index is 1.42. The molecule has 126 valence electrons. The van der Waals surface area contributed by atoms with E-state index in [2.05, 4.69) is 41.0 Å². The van der Waals surface area contributed by atoms with Gasteiger partial charge in [0.25, 0.3) is 0 Å². The highest BCUT2D eigenvalue weighted by Crippen LogP contribution is 2.10. The zero-order valence-electron chi connectivity index (χ0n) is 14.0. The van der Waals surface area contributed by atoms with E-state index in [0.717, 1.165) is 45.8 Å². The molecule has 0 saturated carbocycles. The van der Waals surface area contributed by atoms with Crippen LogP contribution in [-0.2, 0) is 16.1 Å². The number of ether oxygens (including phenoxy) is 1. The maximum absolute atomic E-state index is 12.3. The molecular formula is C18H27N3O2. The van der Waals surface area contributed by atoms with E-state index < -0.39 is 0 Å². The Bertz CT molecular complexity index is 521. The molecule has 3 rings (SSSR count). The van der Waals surface area contributed by atoms with E-state index >= 15 is 0 Å². The van der Waals surface area contributed by atoms with Gasteiger partial charge in [0.05, 0.1) is 19.8 Å². The first-order valence-electron chi connectivity index (χ1n) is 8.56. The van der Waals surface area contributed by atoms with Gasteiger partial charge in [-0.05, 0) is 12.5 Å². The maximum Gasteiger partial charge on any atom is 0.236 e. The number of nitrogens with zero attached hydrogens (tertiary/aromatic N) is 3. The molecule has 5 nitrogen and oxygen atoms in total. The van der Waals surface area contributed by atoms with Crippen molar-refractivity contribution < 1.29 is 9.53 Å². The van der Waals surface area contributed by atoms with Crippen molar-refractivity contribution in [3.63, 3.8) is 0 Å². The van der Waals surface area contributed by atoms with Gasteiger partial charge in [-0.15, -0.1) is 0 Å². The third-order valence-electron chi connectivity index (χ3n) is 4.68. The van der Waals surface area contributed by atoms with Crippen LogP contribution in [0, 0.1) is 6.92 Å². The van der Waals surface area contributed by atoms with Crippen molar-refractivity contribution in [3.05, 3.63) is 35.4 Å². The molecule has 0 N–H and O–H groups in total. The summed E-state index contributed by atoms with van der Waals surface area (Å²) >= 11 is 0. The van der Waals surface area contributed by atoms with Crippen LogP contribution < -0.4 is 0 Å². The van der Waals surface area contributed by atoms with E-state index in [1.807, 2.05) is 4.90 Å². The zero-order valence-corrected chi connectivity index (χ0v) is 14.0. The monoisotopic (exact) mass is 317 g/mol. The molecule has 5 heteroatoms. The summed E-state index contributed by atoms with van der Waals surface area (Å²) in [5.41, 5.74) is 2.69. The zero-order chi connectivity index (χ0) is 16.1. The van der Waals surface area contributed by atoms with E-state index in [9.17, 15) is 4.79 Å². The first-order chi connectivity index (χ1) is 11.2. The van der Waals surface area contributed by atoms with E-state index in [1.165, 1.54) is 11.1 Å². The summed E-state index contributed by atoms with van der Waals surface area (Å²) in [5.74, 6) is 0.250. The third-order valence-corrected chi connectivity index (χ3v) is 4.68. The molecule has 1 aromatic rings. The van der Waals surface area contributed by atoms with Crippen LogP contribution in [0.2, 0.25) is 0 Å². The van der Waals surface area contributed by atoms with Crippen molar-refractivity contribution in [3.8, 4) is 0 Å². The number of piperazine rings is 1. The van der Waals surface area contributed by atoms with Crippen LogP contribution >= 0.6 is 0 Å². The number of hydrogen-bond donors (Lipinski definition) is 0. The molecule has 0 aromatic heterocycles. The van der Waals surface area contributed by atoms with Crippen molar-refractivity contribution in [2.75, 3.05) is 59.0 Å². The molecule has 2 heterocycles. The van der Waals surface area contributed by atoms with Crippen LogP contribution in [-0.4, -0.2) is 79.6 Å². The SMILES string of the molecule is Cc1cccc(CN2CCN(CC(=O)N3CCOCC3)CC2)c1. The Hall–Kier alpha value is -1.43. The second-order valence-corrected chi connectivity index (χ2v) is 6.53.